The molecule has 1 heteroatoms. The molecule has 0 atom stereocenters. The second-order valence-corrected chi connectivity index (χ2v) is 7.85. The minimum atomic E-state index is 0.325. The van der Waals surface area contributed by atoms with Gasteiger partial charge in [0.15, 0.2) is 0 Å². The molecule has 1 aliphatic rings. The van der Waals surface area contributed by atoms with Crippen molar-refractivity contribution < 1.29 is 0 Å². The minimum absolute atomic E-state index is 0.325. The summed E-state index contributed by atoms with van der Waals surface area (Å²) >= 11 is 1.85. The monoisotopic (exact) mass is 316 g/mol. The molecule has 0 bridgehead atoms. The van der Waals surface area contributed by atoms with Crippen LogP contribution < -0.4 is 0 Å². The van der Waals surface area contributed by atoms with Gasteiger partial charge in [0.2, 0.25) is 0 Å². The van der Waals surface area contributed by atoms with E-state index in [0.29, 0.717) is 5.41 Å². The predicted molar refractivity (Wildman–Crippen MR) is 105 cm³/mol. The fraction of sp³-hybridized carbons (Fsp3) is 0.524. The summed E-state index contributed by atoms with van der Waals surface area (Å²) in [6, 6.07) is 0. The molecule has 0 nitrogen and oxygen atoms in total. The Morgan fingerprint density at radius 2 is 1.91 bits per heavy atom. The predicted octanol–water partition coefficient (Wildman–Crippen LogP) is 6.88. The largest absolute Gasteiger partial charge is 0.161 e. The van der Waals surface area contributed by atoms with Crippen LogP contribution in [-0.2, 0) is 0 Å². The van der Waals surface area contributed by atoms with Crippen molar-refractivity contribution in [3.8, 4) is 0 Å². The van der Waals surface area contributed by atoms with Crippen molar-refractivity contribution >= 4 is 11.8 Å². The first-order valence-electron chi connectivity index (χ1n) is 8.26. The van der Waals surface area contributed by atoms with Gasteiger partial charge in [-0.2, -0.15) is 11.8 Å². The first kappa shape index (κ1) is 19.1. The highest BCUT2D eigenvalue weighted by Crippen LogP contribution is 2.40. The van der Waals surface area contributed by atoms with Crippen molar-refractivity contribution in [2.75, 3.05) is 12.0 Å². The maximum absolute atomic E-state index is 2.37. The van der Waals surface area contributed by atoms with Crippen LogP contribution in [0.5, 0.6) is 0 Å². The fourth-order valence-electron chi connectivity index (χ4n) is 2.92. The smallest absolute Gasteiger partial charge is 0.0116 e. The SMILES string of the molecule is CSCC=C(C)C=CC=C(C)C=CC1=C(C)CCCC1(C)C. The fourth-order valence-corrected chi connectivity index (χ4v) is 3.34. The lowest BCUT2D eigenvalue weighted by molar-refractivity contribution is 0.377. The maximum Gasteiger partial charge on any atom is 0.0116 e. The standard InChI is InChI=1S/C21H32S/c1-17(9-7-10-18(2)14-16-22-6)12-13-20-19(3)11-8-15-21(20,4)5/h7,9-10,12-14H,8,11,15-16H2,1-6H3. The van der Waals surface area contributed by atoms with E-state index in [-0.39, 0.29) is 0 Å². The van der Waals surface area contributed by atoms with E-state index >= 15 is 0 Å². The molecule has 0 fully saturated rings. The lowest BCUT2D eigenvalue weighted by atomic mass is 9.72. The molecule has 0 amide bonds. The quantitative estimate of drug-likeness (QED) is 0.481. The zero-order valence-corrected chi connectivity index (χ0v) is 16.0. The van der Waals surface area contributed by atoms with Gasteiger partial charge < -0.3 is 0 Å². The molecule has 0 aliphatic heterocycles. The van der Waals surface area contributed by atoms with Gasteiger partial charge in [-0.25, -0.2) is 0 Å². The van der Waals surface area contributed by atoms with Crippen LogP contribution in [0.2, 0.25) is 0 Å². The van der Waals surface area contributed by atoms with Gasteiger partial charge >= 0.3 is 0 Å². The average Bonchev–Trinajstić information content (AvgIpc) is 2.43. The molecule has 0 heterocycles. The van der Waals surface area contributed by atoms with Crippen molar-refractivity contribution in [3.63, 3.8) is 0 Å². The molecule has 0 N–H and O–H groups in total. The Balaban J connectivity index is 2.73. The molecule has 0 aromatic carbocycles. The van der Waals surface area contributed by atoms with Crippen LogP contribution in [-0.4, -0.2) is 12.0 Å². The Hall–Kier alpha value is -0.950. The third-order valence-corrected chi connectivity index (χ3v) is 4.85. The summed E-state index contributed by atoms with van der Waals surface area (Å²) in [7, 11) is 0. The average molecular weight is 317 g/mol. The van der Waals surface area contributed by atoms with E-state index in [1.807, 2.05) is 11.8 Å². The summed E-state index contributed by atoms with van der Waals surface area (Å²) in [5, 5.41) is 0. The Bertz CT molecular complexity index is 510. The first-order chi connectivity index (χ1) is 10.4. The number of allylic oxidation sites excluding steroid dienone is 9. The van der Waals surface area contributed by atoms with Crippen LogP contribution in [0.15, 0.2) is 58.7 Å². The zero-order valence-electron chi connectivity index (χ0n) is 15.2. The molecule has 0 radical (unpaired) electrons. The van der Waals surface area contributed by atoms with Gasteiger partial charge in [0.05, 0.1) is 0 Å². The van der Waals surface area contributed by atoms with E-state index < -0.39 is 0 Å². The summed E-state index contributed by atoms with van der Waals surface area (Å²) in [5.41, 5.74) is 6.05. The van der Waals surface area contributed by atoms with Gasteiger partial charge in [-0.05, 0) is 57.3 Å². The van der Waals surface area contributed by atoms with Crippen molar-refractivity contribution in [2.24, 2.45) is 5.41 Å². The summed E-state index contributed by atoms with van der Waals surface area (Å²) in [6.07, 6.45) is 19.4. The molecule has 0 unspecified atom stereocenters. The third-order valence-electron chi connectivity index (χ3n) is 4.35. The second kappa shape index (κ2) is 9.25. The van der Waals surface area contributed by atoms with Gasteiger partial charge in [0, 0.05) is 5.75 Å². The van der Waals surface area contributed by atoms with Crippen molar-refractivity contribution in [2.45, 2.75) is 53.9 Å². The molecule has 0 saturated heterocycles. The van der Waals surface area contributed by atoms with E-state index in [2.05, 4.69) is 77.3 Å². The van der Waals surface area contributed by atoms with Crippen LogP contribution in [0.3, 0.4) is 0 Å². The van der Waals surface area contributed by atoms with Gasteiger partial charge in [-0.1, -0.05) is 67.0 Å². The lowest BCUT2D eigenvalue weighted by Gasteiger charge is -2.32. The van der Waals surface area contributed by atoms with Gasteiger partial charge in [0.1, 0.15) is 0 Å². The summed E-state index contributed by atoms with van der Waals surface area (Å²) in [5.74, 6) is 1.08. The van der Waals surface area contributed by atoms with Crippen LogP contribution in [0.1, 0.15) is 53.9 Å². The molecule has 0 aromatic heterocycles. The number of thioether (sulfide) groups is 1. The molecule has 122 valence electrons. The maximum atomic E-state index is 2.37. The highest BCUT2D eigenvalue weighted by molar-refractivity contribution is 7.98. The lowest BCUT2D eigenvalue weighted by Crippen LogP contribution is -2.19. The zero-order chi connectivity index (χ0) is 16.6. The van der Waals surface area contributed by atoms with Crippen LogP contribution in [0.25, 0.3) is 0 Å². The molecule has 0 spiro atoms. The normalized spacial score (nSPS) is 20.5. The molecule has 0 saturated carbocycles. The Kier molecular flexibility index (Phi) is 8.03. The van der Waals surface area contributed by atoms with Crippen molar-refractivity contribution in [3.05, 3.63) is 58.7 Å². The Morgan fingerprint density at radius 3 is 2.55 bits per heavy atom. The van der Waals surface area contributed by atoms with Crippen LogP contribution >= 0.6 is 11.8 Å². The van der Waals surface area contributed by atoms with Gasteiger partial charge in [-0.15, -0.1) is 0 Å². The topological polar surface area (TPSA) is 0 Å². The molecule has 1 rings (SSSR count). The number of rotatable bonds is 6. The molecular weight excluding hydrogens is 284 g/mol. The first-order valence-corrected chi connectivity index (χ1v) is 9.65. The third kappa shape index (κ3) is 6.44. The van der Waals surface area contributed by atoms with Crippen LogP contribution in [0, 0.1) is 5.41 Å². The molecular formula is C21H32S. The Morgan fingerprint density at radius 1 is 1.18 bits per heavy atom. The van der Waals surface area contributed by atoms with E-state index in [1.165, 1.54) is 36.0 Å². The number of hydrogen-bond donors (Lipinski definition) is 0. The minimum Gasteiger partial charge on any atom is -0.161 e. The molecule has 22 heavy (non-hydrogen) atoms. The summed E-state index contributed by atoms with van der Waals surface area (Å²) < 4.78 is 0. The summed E-state index contributed by atoms with van der Waals surface area (Å²) in [6.45, 7) is 11.4. The molecule has 1 aliphatic carbocycles. The molecule has 0 aromatic rings. The summed E-state index contributed by atoms with van der Waals surface area (Å²) in [4.78, 5) is 0. The number of hydrogen-bond acceptors (Lipinski definition) is 1. The van der Waals surface area contributed by atoms with E-state index in [9.17, 15) is 0 Å². The van der Waals surface area contributed by atoms with Crippen LogP contribution in [0.4, 0.5) is 0 Å². The van der Waals surface area contributed by atoms with Crippen molar-refractivity contribution in [1.82, 2.24) is 0 Å². The highest BCUT2D eigenvalue weighted by Gasteiger charge is 2.26. The van der Waals surface area contributed by atoms with Crippen molar-refractivity contribution in [1.29, 1.82) is 0 Å². The second-order valence-electron chi connectivity index (χ2n) is 6.94. The van der Waals surface area contributed by atoms with Gasteiger partial charge in [0.25, 0.3) is 0 Å². The van der Waals surface area contributed by atoms with E-state index in [1.54, 1.807) is 5.57 Å². The Labute approximate surface area is 142 Å². The van der Waals surface area contributed by atoms with E-state index in [4.69, 9.17) is 0 Å². The van der Waals surface area contributed by atoms with E-state index in [0.717, 1.165) is 5.75 Å². The van der Waals surface area contributed by atoms with Gasteiger partial charge in [-0.3, -0.25) is 0 Å². The highest BCUT2D eigenvalue weighted by atomic mass is 32.2.